The summed E-state index contributed by atoms with van der Waals surface area (Å²) in [5.41, 5.74) is 0.405. The number of carbonyl (C=O) groups excluding carboxylic acids is 1. The van der Waals surface area contributed by atoms with Crippen molar-refractivity contribution in [1.82, 2.24) is 5.16 Å². The van der Waals surface area contributed by atoms with Crippen LogP contribution in [-0.2, 0) is 9.84 Å². The average molecular weight is 243 g/mol. The lowest BCUT2D eigenvalue weighted by atomic mass is 9.98. The number of aromatic nitrogens is 1. The Morgan fingerprint density at radius 1 is 1.56 bits per heavy atom. The molecule has 0 radical (unpaired) electrons. The number of sulfone groups is 1. The van der Waals surface area contributed by atoms with Gasteiger partial charge in [0, 0.05) is 5.92 Å². The summed E-state index contributed by atoms with van der Waals surface area (Å²) in [5, 5.41) is 3.58. The van der Waals surface area contributed by atoms with Gasteiger partial charge in [0.2, 0.25) is 0 Å². The molecule has 1 fully saturated rings. The van der Waals surface area contributed by atoms with Crippen LogP contribution < -0.4 is 0 Å². The molecule has 1 aromatic rings. The minimum Gasteiger partial charge on any atom is -0.360 e. The normalized spacial score (nSPS) is 24.2. The van der Waals surface area contributed by atoms with Crippen LogP contribution in [0.2, 0.25) is 0 Å². The van der Waals surface area contributed by atoms with Gasteiger partial charge in [-0.1, -0.05) is 5.16 Å². The van der Waals surface area contributed by atoms with Crippen LogP contribution >= 0.6 is 0 Å². The SMILES string of the molecule is CC(=O)c1cnoc1C1CCCS(=O)(=O)C1. The van der Waals surface area contributed by atoms with Gasteiger partial charge >= 0.3 is 0 Å². The predicted octanol–water partition coefficient (Wildman–Crippen LogP) is 1.17. The Kier molecular flexibility index (Phi) is 2.84. The van der Waals surface area contributed by atoms with Gasteiger partial charge in [-0.15, -0.1) is 0 Å². The largest absolute Gasteiger partial charge is 0.360 e. The number of nitrogens with zero attached hydrogens (tertiary/aromatic N) is 1. The van der Waals surface area contributed by atoms with E-state index < -0.39 is 9.84 Å². The van der Waals surface area contributed by atoms with E-state index in [2.05, 4.69) is 5.16 Å². The summed E-state index contributed by atoms with van der Waals surface area (Å²) in [4.78, 5) is 11.3. The number of rotatable bonds is 2. The zero-order valence-corrected chi connectivity index (χ0v) is 9.79. The number of carbonyl (C=O) groups is 1. The molecule has 0 amide bonds. The van der Waals surface area contributed by atoms with Crippen LogP contribution in [-0.4, -0.2) is 30.9 Å². The molecule has 1 atom stereocenters. The van der Waals surface area contributed by atoms with Crippen LogP contribution in [0.4, 0.5) is 0 Å². The molecule has 6 heteroatoms. The third kappa shape index (κ3) is 2.16. The lowest BCUT2D eigenvalue weighted by Gasteiger charge is -2.19. The first-order valence-electron chi connectivity index (χ1n) is 5.15. The van der Waals surface area contributed by atoms with Crippen molar-refractivity contribution in [2.24, 2.45) is 0 Å². The molecule has 16 heavy (non-hydrogen) atoms. The molecule has 0 N–H and O–H groups in total. The monoisotopic (exact) mass is 243 g/mol. The Labute approximate surface area is 93.7 Å². The predicted molar refractivity (Wildman–Crippen MR) is 57.1 cm³/mol. The topological polar surface area (TPSA) is 77.2 Å². The summed E-state index contributed by atoms with van der Waals surface area (Å²) in [5.74, 6) is 0.352. The van der Waals surface area contributed by atoms with E-state index in [0.717, 1.165) is 6.42 Å². The summed E-state index contributed by atoms with van der Waals surface area (Å²) in [7, 11) is -3.00. The first-order chi connectivity index (χ1) is 7.49. The highest BCUT2D eigenvalue weighted by atomic mass is 32.2. The van der Waals surface area contributed by atoms with E-state index >= 15 is 0 Å². The molecule has 0 aromatic carbocycles. The molecule has 88 valence electrons. The third-order valence-corrected chi connectivity index (χ3v) is 4.63. The van der Waals surface area contributed by atoms with E-state index in [4.69, 9.17) is 4.52 Å². The van der Waals surface area contributed by atoms with Crippen LogP contribution in [0.15, 0.2) is 10.7 Å². The van der Waals surface area contributed by atoms with E-state index in [0.29, 0.717) is 17.7 Å². The number of hydrogen-bond acceptors (Lipinski definition) is 5. The highest BCUT2D eigenvalue weighted by Crippen LogP contribution is 2.30. The van der Waals surface area contributed by atoms with Crippen LogP contribution in [0.3, 0.4) is 0 Å². The molecule has 1 saturated heterocycles. The first-order valence-corrected chi connectivity index (χ1v) is 6.97. The van der Waals surface area contributed by atoms with E-state index in [1.165, 1.54) is 13.1 Å². The second kappa shape index (κ2) is 4.01. The zero-order valence-electron chi connectivity index (χ0n) is 8.97. The summed E-state index contributed by atoms with van der Waals surface area (Å²) in [6.07, 6.45) is 2.71. The van der Waals surface area contributed by atoms with Gasteiger partial charge in [-0.25, -0.2) is 8.42 Å². The van der Waals surface area contributed by atoms with Crippen LogP contribution in [0.1, 0.15) is 41.8 Å². The van der Waals surface area contributed by atoms with Crippen LogP contribution in [0.5, 0.6) is 0 Å². The van der Waals surface area contributed by atoms with Gasteiger partial charge in [0.15, 0.2) is 21.4 Å². The maximum atomic E-state index is 11.5. The van der Waals surface area contributed by atoms with Gasteiger partial charge in [0.25, 0.3) is 0 Å². The van der Waals surface area contributed by atoms with E-state index in [1.54, 1.807) is 0 Å². The van der Waals surface area contributed by atoms with Gasteiger partial charge in [0.1, 0.15) is 0 Å². The number of hydrogen-bond donors (Lipinski definition) is 0. The van der Waals surface area contributed by atoms with E-state index in [9.17, 15) is 13.2 Å². The van der Waals surface area contributed by atoms with Crippen molar-refractivity contribution in [2.45, 2.75) is 25.7 Å². The van der Waals surface area contributed by atoms with Crippen molar-refractivity contribution in [3.8, 4) is 0 Å². The maximum Gasteiger partial charge on any atom is 0.164 e. The van der Waals surface area contributed by atoms with Crippen molar-refractivity contribution in [2.75, 3.05) is 11.5 Å². The smallest absolute Gasteiger partial charge is 0.164 e. The minimum absolute atomic E-state index is 0.0580. The standard InChI is InChI=1S/C10H13NO4S/c1-7(12)9-5-11-15-10(9)8-3-2-4-16(13,14)6-8/h5,8H,2-4,6H2,1H3. The maximum absolute atomic E-state index is 11.5. The number of Topliss-reactive ketones (excluding diaryl/α,β-unsaturated/α-hetero) is 1. The average Bonchev–Trinajstić information content (AvgIpc) is 2.64. The van der Waals surface area contributed by atoms with Crippen molar-refractivity contribution in [1.29, 1.82) is 0 Å². The fourth-order valence-electron chi connectivity index (χ4n) is 2.04. The second-order valence-electron chi connectivity index (χ2n) is 4.11. The molecule has 1 aliphatic heterocycles. The highest BCUT2D eigenvalue weighted by Gasteiger charge is 2.31. The third-order valence-electron chi connectivity index (χ3n) is 2.81. The quantitative estimate of drug-likeness (QED) is 0.729. The molecule has 0 aliphatic carbocycles. The van der Waals surface area contributed by atoms with Crippen molar-refractivity contribution in [3.63, 3.8) is 0 Å². The van der Waals surface area contributed by atoms with Crippen molar-refractivity contribution >= 4 is 15.6 Å². The molecule has 0 saturated carbocycles. The molecule has 2 rings (SSSR count). The molecule has 1 aromatic heterocycles. The summed E-state index contributed by atoms with van der Waals surface area (Å²) in [6.45, 7) is 1.42. The molecule has 0 spiro atoms. The van der Waals surface area contributed by atoms with Crippen molar-refractivity contribution in [3.05, 3.63) is 17.5 Å². The Morgan fingerprint density at radius 2 is 2.31 bits per heavy atom. The van der Waals surface area contributed by atoms with Gasteiger partial charge in [-0.05, 0) is 19.8 Å². The molecule has 2 heterocycles. The Hall–Kier alpha value is -1.17. The summed E-state index contributed by atoms with van der Waals surface area (Å²) in [6, 6.07) is 0. The molecule has 1 aliphatic rings. The summed E-state index contributed by atoms with van der Waals surface area (Å²) >= 11 is 0. The molecule has 0 bridgehead atoms. The van der Waals surface area contributed by atoms with Gasteiger partial charge in [0.05, 0.1) is 23.3 Å². The lowest BCUT2D eigenvalue weighted by molar-refractivity contribution is 0.101. The van der Waals surface area contributed by atoms with Gasteiger partial charge < -0.3 is 4.52 Å². The first kappa shape index (κ1) is 11.3. The van der Waals surface area contributed by atoms with Gasteiger partial charge in [-0.2, -0.15) is 0 Å². The van der Waals surface area contributed by atoms with E-state index in [-0.39, 0.29) is 23.2 Å². The Morgan fingerprint density at radius 3 is 2.94 bits per heavy atom. The van der Waals surface area contributed by atoms with Crippen molar-refractivity contribution < 1.29 is 17.7 Å². The van der Waals surface area contributed by atoms with Gasteiger partial charge in [-0.3, -0.25) is 4.79 Å². The molecular weight excluding hydrogens is 230 g/mol. The number of ketones is 1. The fraction of sp³-hybridized carbons (Fsp3) is 0.600. The zero-order chi connectivity index (χ0) is 11.8. The molecule has 5 nitrogen and oxygen atoms in total. The highest BCUT2D eigenvalue weighted by molar-refractivity contribution is 7.91. The summed E-state index contributed by atoms with van der Waals surface area (Å²) < 4.78 is 28.0. The molecule has 1 unspecified atom stereocenters. The Balaban J connectivity index is 2.30. The lowest BCUT2D eigenvalue weighted by Crippen LogP contribution is -2.24. The van der Waals surface area contributed by atoms with E-state index in [1.807, 2.05) is 0 Å². The molecular formula is C10H13NO4S. The second-order valence-corrected chi connectivity index (χ2v) is 6.34. The van der Waals surface area contributed by atoms with Crippen LogP contribution in [0.25, 0.3) is 0 Å². The fourth-order valence-corrected chi connectivity index (χ4v) is 3.74. The van der Waals surface area contributed by atoms with Crippen LogP contribution in [0, 0.1) is 0 Å². The minimum atomic E-state index is -3.00. The Bertz CT molecular complexity index is 503.